The Morgan fingerprint density at radius 1 is 1.03 bits per heavy atom. The first-order valence-corrected chi connectivity index (χ1v) is 12.8. The van der Waals surface area contributed by atoms with Gasteiger partial charge in [-0.2, -0.15) is 4.57 Å². The van der Waals surface area contributed by atoms with Crippen molar-refractivity contribution in [1.82, 2.24) is 0 Å². The Morgan fingerprint density at radius 3 is 2.58 bits per heavy atom. The first kappa shape index (κ1) is 24.4. The molecule has 2 aromatic carbocycles. The average molecular weight is 573 g/mol. The van der Waals surface area contributed by atoms with Crippen LogP contribution in [0.5, 0.6) is 5.75 Å². The van der Waals surface area contributed by atoms with Crippen molar-refractivity contribution in [3.8, 4) is 5.75 Å². The number of benzene rings is 2. The quantitative estimate of drug-likeness (QED) is 0.338. The van der Waals surface area contributed by atoms with E-state index in [1.807, 2.05) is 11.8 Å². The molecule has 1 saturated carbocycles. The molecule has 3 aromatic rings. The highest BCUT2D eigenvalue weighted by molar-refractivity contribution is 8.03. The van der Waals surface area contributed by atoms with E-state index in [9.17, 15) is 0 Å². The number of hydrogen-bond acceptors (Lipinski definition) is 3. The van der Waals surface area contributed by atoms with E-state index in [1.54, 1.807) is 7.11 Å². The van der Waals surface area contributed by atoms with Gasteiger partial charge >= 0.3 is 0 Å². The van der Waals surface area contributed by atoms with Crippen LogP contribution >= 0.6 is 11.8 Å². The van der Waals surface area contributed by atoms with Gasteiger partial charge in [0.2, 0.25) is 11.2 Å². The van der Waals surface area contributed by atoms with Crippen LogP contribution in [-0.2, 0) is 6.54 Å². The number of pyridine rings is 1. The second-order valence-electron chi connectivity index (χ2n) is 8.82. The number of methoxy groups -OCH3 is 1. The van der Waals surface area contributed by atoms with Gasteiger partial charge in [-0.05, 0) is 68.5 Å². The second kappa shape index (κ2) is 10.7. The van der Waals surface area contributed by atoms with Crippen molar-refractivity contribution in [2.24, 2.45) is 0 Å². The van der Waals surface area contributed by atoms with E-state index in [0.717, 1.165) is 24.8 Å². The number of halogens is 1. The van der Waals surface area contributed by atoms with Gasteiger partial charge in [0.25, 0.3) is 0 Å². The van der Waals surface area contributed by atoms with Crippen LogP contribution in [0.15, 0.2) is 58.5 Å². The van der Waals surface area contributed by atoms with Crippen molar-refractivity contribution in [3.05, 3.63) is 64.8 Å². The van der Waals surface area contributed by atoms with E-state index >= 15 is 0 Å². The molecule has 0 spiro atoms. The molecule has 1 aliphatic heterocycles. The Hall–Kier alpha value is -1.73. The summed E-state index contributed by atoms with van der Waals surface area (Å²) in [7, 11) is 1.72. The van der Waals surface area contributed by atoms with E-state index < -0.39 is 0 Å². The number of aromatic nitrogens is 1. The Labute approximate surface area is 219 Å². The molecule has 1 aliphatic carbocycles. The molecule has 0 amide bonds. The molecule has 0 radical (unpaired) electrons. The van der Waals surface area contributed by atoms with Crippen molar-refractivity contribution >= 4 is 34.4 Å². The predicted molar refractivity (Wildman–Crippen MR) is 135 cm³/mol. The van der Waals surface area contributed by atoms with Gasteiger partial charge in [0.15, 0.2) is 0 Å². The maximum Gasteiger partial charge on any atom is 0.213 e. The summed E-state index contributed by atoms with van der Waals surface area (Å²) in [5.74, 6) is 1.64. The minimum absolute atomic E-state index is 0. The van der Waals surface area contributed by atoms with Crippen molar-refractivity contribution in [1.29, 1.82) is 0 Å². The molecule has 0 unspecified atom stereocenters. The third-order valence-electron chi connectivity index (χ3n) is 7.01. The van der Waals surface area contributed by atoms with E-state index in [4.69, 9.17) is 4.74 Å². The number of anilines is 1. The number of thioether (sulfide) groups is 1. The summed E-state index contributed by atoms with van der Waals surface area (Å²) in [6.45, 7) is 6.39. The molecule has 33 heavy (non-hydrogen) atoms. The van der Waals surface area contributed by atoms with Crippen molar-refractivity contribution in [3.63, 3.8) is 0 Å². The molecule has 5 rings (SSSR count). The van der Waals surface area contributed by atoms with Gasteiger partial charge in [0, 0.05) is 29.6 Å². The van der Waals surface area contributed by atoms with Gasteiger partial charge in [-0.15, -0.1) is 0 Å². The summed E-state index contributed by atoms with van der Waals surface area (Å²) in [5.41, 5.74) is 5.41. The zero-order valence-electron chi connectivity index (χ0n) is 19.8. The molecule has 174 valence electrons. The number of ether oxygens (including phenoxy) is 1. The fourth-order valence-electron chi connectivity index (χ4n) is 5.29. The molecule has 0 atom stereocenters. The standard InChI is InChI=1S/C28H33N2OS.HI/c1-4-29-23(13-11-22-17-24(31-3)14-15-25(22)29)19-28-30(5-2)26-18-21(12-16-27(26)32-28)20-9-7-6-8-10-20;/h11-20H,4-10H2,1-3H3;1H/q+1;/p-1. The van der Waals surface area contributed by atoms with Crippen LogP contribution < -0.4 is 38.2 Å². The van der Waals surface area contributed by atoms with Crippen LogP contribution in [0.1, 0.15) is 63.1 Å². The van der Waals surface area contributed by atoms with Gasteiger partial charge in [0.05, 0.1) is 23.2 Å². The molecule has 0 N–H and O–H groups in total. The minimum atomic E-state index is 0. The Bertz CT molecular complexity index is 1170. The van der Waals surface area contributed by atoms with E-state index in [-0.39, 0.29) is 24.0 Å². The minimum Gasteiger partial charge on any atom is -1.00 e. The number of fused-ring (bicyclic) bond motifs is 2. The van der Waals surface area contributed by atoms with Crippen molar-refractivity contribution in [2.45, 2.75) is 63.3 Å². The smallest absolute Gasteiger partial charge is 0.213 e. The van der Waals surface area contributed by atoms with Crippen molar-refractivity contribution in [2.75, 3.05) is 18.6 Å². The zero-order chi connectivity index (χ0) is 22.1. The second-order valence-corrected chi connectivity index (χ2v) is 9.88. The fraction of sp³-hybridized carbons (Fsp3) is 0.393. The van der Waals surface area contributed by atoms with E-state index in [1.165, 1.54) is 69.9 Å². The number of rotatable bonds is 5. The van der Waals surface area contributed by atoms with Gasteiger partial charge < -0.3 is 33.6 Å². The van der Waals surface area contributed by atoms with Gasteiger partial charge in [-0.1, -0.05) is 37.1 Å². The van der Waals surface area contributed by atoms with Crippen LogP contribution in [0.2, 0.25) is 0 Å². The van der Waals surface area contributed by atoms with Crippen LogP contribution in [0.25, 0.3) is 17.0 Å². The van der Waals surface area contributed by atoms with Crippen LogP contribution in [0.4, 0.5) is 5.69 Å². The predicted octanol–water partition coefficient (Wildman–Crippen LogP) is 4.14. The molecule has 0 bridgehead atoms. The molecule has 2 aliphatic rings. The highest BCUT2D eigenvalue weighted by atomic mass is 127. The third kappa shape index (κ3) is 4.76. The summed E-state index contributed by atoms with van der Waals surface area (Å²) in [6.07, 6.45) is 9.22. The summed E-state index contributed by atoms with van der Waals surface area (Å²) >= 11 is 1.90. The molecule has 1 aromatic heterocycles. The lowest BCUT2D eigenvalue weighted by molar-refractivity contribution is -0.669. The Kier molecular flexibility index (Phi) is 7.90. The molecule has 2 heterocycles. The molecular formula is C28H33IN2OS. The summed E-state index contributed by atoms with van der Waals surface area (Å²) in [6, 6.07) is 18.0. The SMILES string of the molecule is CCN1C(=Cc2ccc3cc(OC)ccc3[n+]2CC)Sc2ccc(C3CCCCC3)cc21.[I-]. The zero-order valence-corrected chi connectivity index (χ0v) is 22.8. The lowest BCUT2D eigenvalue weighted by Crippen LogP contribution is -3.00. The fourth-order valence-corrected chi connectivity index (χ4v) is 6.44. The molecule has 0 saturated heterocycles. The number of aryl methyl sites for hydroxylation is 1. The van der Waals surface area contributed by atoms with Gasteiger partial charge in [0.1, 0.15) is 12.3 Å². The molecule has 1 fully saturated rings. The van der Waals surface area contributed by atoms with E-state index in [0.29, 0.717) is 0 Å². The largest absolute Gasteiger partial charge is 1.00 e. The number of hydrogen-bond donors (Lipinski definition) is 0. The maximum atomic E-state index is 5.42. The molecule has 5 heteroatoms. The molecular weight excluding hydrogens is 539 g/mol. The topological polar surface area (TPSA) is 16.4 Å². The highest BCUT2D eigenvalue weighted by Gasteiger charge is 2.27. The lowest BCUT2D eigenvalue weighted by Gasteiger charge is -2.24. The first-order chi connectivity index (χ1) is 15.7. The highest BCUT2D eigenvalue weighted by Crippen LogP contribution is 2.48. The molecule has 3 nitrogen and oxygen atoms in total. The maximum absolute atomic E-state index is 5.42. The summed E-state index contributed by atoms with van der Waals surface area (Å²) < 4.78 is 7.82. The Morgan fingerprint density at radius 2 is 1.85 bits per heavy atom. The normalized spacial score (nSPS) is 17.3. The number of nitrogens with zero attached hydrogens (tertiary/aromatic N) is 2. The van der Waals surface area contributed by atoms with Crippen LogP contribution in [-0.4, -0.2) is 13.7 Å². The van der Waals surface area contributed by atoms with Crippen molar-refractivity contribution < 1.29 is 33.3 Å². The van der Waals surface area contributed by atoms with Crippen LogP contribution in [0.3, 0.4) is 0 Å². The van der Waals surface area contributed by atoms with Crippen LogP contribution in [0, 0.1) is 0 Å². The lowest BCUT2D eigenvalue weighted by atomic mass is 9.84. The summed E-state index contributed by atoms with van der Waals surface area (Å²) in [5, 5.41) is 2.53. The van der Waals surface area contributed by atoms with E-state index in [2.05, 4.69) is 77.9 Å². The Balaban J connectivity index is 0.00000259. The third-order valence-corrected chi connectivity index (χ3v) is 8.12. The van der Waals surface area contributed by atoms with Gasteiger partial charge in [-0.25, -0.2) is 0 Å². The first-order valence-electron chi connectivity index (χ1n) is 12.0. The summed E-state index contributed by atoms with van der Waals surface area (Å²) in [4.78, 5) is 3.87. The monoisotopic (exact) mass is 572 g/mol. The average Bonchev–Trinajstić information content (AvgIpc) is 3.20. The van der Waals surface area contributed by atoms with Gasteiger partial charge in [-0.3, -0.25) is 0 Å².